The molecule has 0 saturated heterocycles. The van der Waals surface area contributed by atoms with Crippen LogP contribution in [0, 0.1) is 0 Å². The number of halogens is 1. The summed E-state index contributed by atoms with van der Waals surface area (Å²) in [4.78, 5) is 12.2. The highest BCUT2D eigenvalue weighted by Gasteiger charge is 2.17. The molecule has 0 spiro atoms. The van der Waals surface area contributed by atoms with E-state index in [1.807, 2.05) is 68.4 Å². The lowest BCUT2D eigenvalue weighted by Gasteiger charge is -2.21. The molecule has 0 saturated carbocycles. The van der Waals surface area contributed by atoms with E-state index in [0.717, 1.165) is 16.9 Å². The first-order chi connectivity index (χ1) is 11.1. The second-order valence-corrected chi connectivity index (χ2v) is 5.59. The van der Waals surface area contributed by atoms with Crippen LogP contribution in [0.2, 0.25) is 0 Å². The van der Waals surface area contributed by atoms with Crippen LogP contribution in [-0.2, 0) is 4.79 Å². The number of amides is 1. The number of hydrogen-bond donors (Lipinski definition) is 2. The average molecular weight is 349 g/mol. The number of carbonyl (C=O) groups is 1. The molecule has 24 heavy (non-hydrogen) atoms. The molecule has 4 nitrogen and oxygen atoms in total. The Hall–Kier alpha value is -2.04. The first-order valence-electron chi connectivity index (χ1n) is 7.92. The summed E-state index contributed by atoms with van der Waals surface area (Å²) in [7, 11) is 0. The van der Waals surface area contributed by atoms with Crippen LogP contribution in [0.5, 0.6) is 5.75 Å². The third-order valence-electron chi connectivity index (χ3n) is 3.47. The van der Waals surface area contributed by atoms with Gasteiger partial charge in [0.1, 0.15) is 5.75 Å². The minimum absolute atomic E-state index is 0. The van der Waals surface area contributed by atoms with Gasteiger partial charge in [-0.05, 0) is 37.1 Å². The molecule has 1 amide bonds. The number of benzene rings is 2. The molecule has 2 unspecified atom stereocenters. The van der Waals surface area contributed by atoms with Crippen LogP contribution in [0.4, 0.5) is 0 Å². The van der Waals surface area contributed by atoms with Crippen molar-refractivity contribution in [2.45, 2.75) is 32.4 Å². The van der Waals surface area contributed by atoms with Crippen molar-refractivity contribution in [3.8, 4) is 5.75 Å². The van der Waals surface area contributed by atoms with Gasteiger partial charge < -0.3 is 15.8 Å². The van der Waals surface area contributed by atoms with E-state index < -0.39 is 0 Å². The van der Waals surface area contributed by atoms with Crippen LogP contribution < -0.4 is 15.8 Å². The Morgan fingerprint density at radius 2 is 1.67 bits per heavy atom. The van der Waals surface area contributed by atoms with Gasteiger partial charge in [-0.2, -0.15) is 0 Å². The molecule has 130 valence electrons. The topological polar surface area (TPSA) is 64.3 Å². The number of carbonyl (C=O) groups excluding carboxylic acids is 1. The number of rotatable bonds is 7. The Morgan fingerprint density at radius 3 is 2.21 bits per heavy atom. The Balaban J connectivity index is 0.00000288. The molecule has 0 aliphatic heterocycles. The second-order valence-electron chi connectivity index (χ2n) is 5.59. The van der Waals surface area contributed by atoms with Gasteiger partial charge in [0.25, 0.3) is 0 Å². The highest BCUT2D eigenvalue weighted by Crippen LogP contribution is 2.24. The fourth-order valence-electron chi connectivity index (χ4n) is 2.44. The SMILES string of the molecule is CCOc1ccc(C(NC(=O)CC(C)N)c2ccccc2)cc1.Cl. The molecular weight excluding hydrogens is 324 g/mol. The molecule has 3 N–H and O–H groups in total. The Morgan fingerprint density at radius 1 is 1.08 bits per heavy atom. The monoisotopic (exact) mass is 348 g/mol. The molecule has 0 aromatic heterocycles. The van der Waals surface area contributed by atoms with Crippen molar-refractivity contribution in [2.24, 2.45) is 5.73 Å². The third kappa shape index (κ3) is 5.87. The zero-order chi connectivity index (χ0) is 16.7. The van der Waals surface area contributed by atoms with Gasteiger partial charge >= 0.3 is 0 Å². The normalized spacial score (nSPS) is 12.6. The van der Waals surface area contributed by atoms with E-state index in [-0.39, 0.29) is 30.4 Å². The summed E-state index contributed by atoms with van der Waals surface area (Å²) >= 11 is 0. The number of hydrogen-bond acceptors (Lipinski definition) is 3. The summed E-state index contributed by atoms with van der Waals surface area (Å²) in [5, 5.41) is 3.07. The first kappa shape index (κ1) is 20.0. The summed E-state index contributed by atoms with van der Waals surface area (Å²) in [6.07, 6.45) is 0.306. The molecule has 0 fully saturated rings. The molecule has 5 heteroatoms. The van der Waals surface area contributed by atoms with Crippen molar-refractivity contribution in [3.63, 3.8) is 0 Å². The predicted octanol–water partition coefficient (Wildman–Crippen LogP) is 3.45. The first-order valence-corrected chi connectivity index (χ1v) is 7.92. The van der Waals surface area contributed by atoms with Crippen LogP contribution >= 0.6 is 12.4 Å². The van der Waals surface area contributed by atoms with E-state index in [2.05, 4.69) is 5.32 Å². The zero-order valence-corrected chi connectivity index (χ0v) is 14.9. The molecule has 2 rings (SSSR count). The summed E-state index contributed by atoms with van der Waals surface area (Å²) in [6, 6.07) is 17.4. The van der Waals surface area contributed by atoms with Crippen molar-refractivity contribution in [1.82, 2.24) is 5.32 Å². The molecule has 0 aliphatic carbocycles. The molecule has 2 aromatic carbocycles. The summed E-state index contributed by atoms with van der Waals surface area (Å²) < 4.78 is 5.48. The van der Waals surface area contributed by atoms with Gasteiger partial charge in [0.2, 0.25) is 5.91 Å². The van der Waals surface area contributed by atoms with E-state index in [1.165, 1.54) is 0 Å². The summed E-state index contributed by atoms with van der Waals surface area (Å²) in [5.41, 5.74) is 7.77. The maximum absolute atomic E-state index is 12.2. The van der Waals surface area contributed by atoms with Gasteiger partial charge in [0.15, 0.2) is 0 Å². The van der Waals surface area contributed by atoms with Crippen molar-refractivity contribution in [3.05, 3.63) is 65.7 Å². The maximum Gasteiger partial charge on any atom is 0.222 e. The van der Waals surface area contributed by atoms with E-state index in [0.29, 0.717) is 13.0 Å². The van der Waals surface area contributed by atoms with Gasteiger partial charge in [-0.15, -0.1) is 12.4 Å². The van der Waals surface area contributed by atoms with Crippen molar-refractivity contribution >= 4 is 18.3 Å². The van der Waals surface area contributed by atoms with Crippen LogP contribution in [0.3, 0.4) is 0 Å². The van der Waals surface area contributed by atoms with Crippen molar-refractivity contribution in [1.29, 1.82) is 0 Å². The van der Waals surface area contributed by atoms with Crippen LogP contribution in [0.25, 0.3) is 0 Å². The van der Waals surface area contributed by atoms with Gasteiger partial charge in [0.05, 0.1) is 12.6 Å². The maximum atomic E-state index is 12.2. The molecule has 2 aromatic rings. The fourth-order valence-corrected chi connectivity index (χ4v) is 2.44. The van der Waals surface area contributed by atoms with Gasteiger partial charge in [-0.3, -0.25) is 4.79 Å². The third-order valence-corrected chi connectivity index (χ3v) is 3.47. The molecule has 2 atom stereocenters. The molecule has 0 bridgehead atoms. The van der Waals surface area contributed by atoms with Crippen molar-refractivity contribution < 1.29 is 9.53 Å². The highest BCUT2D eigenvalue weighted by molar-refractivity contribution is 5.85. The van der Waals surface area contributed by atoms with Gasteiger partial charge in [-0.1, -0.05) is 42.5 Å². The number of nitrogens with one attached hydrogen (secondary N) is 1. The minimum Gasteiger partial charge on any atom is -0.494 e. The molecule has 0 heterocycles. The largest absolute Gasteiger partial charge is 0.494 e. The Kier molecular flexibility index (Phi) is 8.30. The number of nitrogens with two attached hydrogens (primary N) is 1. The van der Waals surface area contributed by atoms with Gasteiger partial charge in [0, 0.05) is 12.5 Å². The smallest absolute Gasteiger partial charge is 0.222 e. The van der Waals surface area contributed by atoms with Crippen LogP contribution in [0.15, 0.2) is 54.6 Å². The average Bonchev–Trinajstić information content (AvgIpc) is 2.54. The highest BCUT2D eigenvalue weighted by atomic mass is 35.5. The quantitative estimate of drug-likeness (QED) is 0.805. The molecular formula is C19H25ClN2O2. The zero-order valence-electron chi connectivity index (χ0n) is 14.1. The Labute approximate surface area is 149 Å². The standard InChI is InChI=1S/C19H24N2O2.ClH/c1-3-23-17-11-9-16(10-12-17)19(15-7-5-4-6-8-15)21-18(22)13-14(2)20;/h4-12,14,19H,3,13,20H2,1-2H3,(H,21,22);1H. The summed E-state index contributed by atoms with van der Waals surface area (Å²) in [5.74, 6) is 0.771. The molecule has 0 aliphatic rings. The lowest BCUT2D eigenvalue weighted by molar-refractivity contribution is -0.121. The lowest BCUT2D eigenvalue weighted by atomic mass is 9.98. The van der Waals surface area contributed by atoms with E-state index in [4.69, 9.17) is 10.5 Å². The van der Waals surface area contributed by atoms with Gasteiger partial charge in [-0.25, -0.2) is 0 Å². The lowest BCUT2D eigenvalue weighted by Crippen LogP contribution is -2.33. The van der Waals surface area contributed by atoms with E-state index in [1.54, 1.807) is 0 Å². The fraction of sp³-hybridized carbons (Fsp3) is 0.316. The number of ether oxygens (including phenoxy) is 1. The summed E-state index contributed by atoms with van der Waals surface area (Å²) in [6.45, 7) is 4.41. The van der Waals surface area contributed by atoms with Crippen LogP contribution in [0.1, 0.15) is 37.4 Å². The van der Waals surface area contributed by atoms with E-state index in [9.17, 15) is 4.79 Å². The second kappa shape index (κ2) is 9.96. The molecule has 0 radical (unpaired) electrons. The Bertz CT molecular complexity index is 615. The minimum atomic E-state index is -0.196. The van der Waals surface area contributed by atoms with Crippen LogP contribution in [-0.4, -0.2) is 18.6 Å². The predicted molar refractivity (Wildman–Crippen MR) is 99.6 cm³/mol. The van der Waals surface area contributed by atoms with E-state index >= 15 is 0 Å². The van der Waals surface area contributed by atoms with Crippen molar-refractivity contribution in [2.75, 3.05) is 6.61 Å².